The van der Waals surface area contributed by atoms with Crippen molar-refractivity contribution >= 4 is 42.2 Å². The number of aromatic amines is 1. The van der Waals surface area contributed by atoms with Gasteiger partial charge in [0.1, 0.15) is 26.1 Å². The molecular formula is C24H24FNO4S2. The van der Waals surface area contributed by atoms with Gasteiger partial charge in [0.05, 0.1) is 18.4 Å². The fourth-order valence-corrected chi connectivity index (χ4v) is 5.72. The van der Waals surface area contributed by atoms with Gasteiger partial charge in [-0.25, -0.2) is 12.8 Å². The van der Waals surface area contributed by atoms with Crippen molar-refractivity contribution in [3.05, 3.63) is 63.0 Å². The van der Waals surface area contributed by atoms with Crippen LogP contribution in [0.2, 0.25) is 0 Å². The molecule has 0 radical (unpaired) electrons. The molecule has 2 aromatic heterocycles. The van der Waals surface area contributed by atoms with Crippen LogP contribution in [0.3, 0.4) is 0 Å². The molecule has 0 aliphatic rings. The summed E-state index contributed by atoms with van der Waals surface area (Å²) in [6, 6.07) is 8.73. The van der Waals surface area contributed by atoms with E-state index in [0.29, 0.717) is 39.1 Å². The zero-order valence-corrected chi connectivity index (χ0v) is 19.9. The third-order valence-electron chi connectivity index (χ3n) is 5.83. The molecule has 0 fully saturated rings. The number of pyridine rings is 1. The van der Waals surface area contributed by atoms with Gasteiger partial charge in [0, 0.05) is 22.6 Å². The van der Waals surface area contributed by atoms with Gasteiger partial charge in [-0.3, -0.25) is 4.79 Å². The van der Waals surface area contributed by atoms with Crippen LogP contribution in [-0.2, 0) is 9.84 Å². The first-order valence-electron chi connectivity index (χ1n) is 10.2. The number of fused-ring (bicyclic) bond motifs is 3. The van der Waals surface area contributed by atoms with E-state index in [-0.39, 0.29) is 17.2 Å². The fraction of sp³-hybridized carbons (Fsp3) is 0.292. The molecule has 168 valence electrons. The number of H-pyrrole nitrogens is 1. The summed E-state index contributed by atoms with van der Waals surface area (Å²) in [4.78, 5) is 15.5. The second-order valence-electron chi connectivity index (χ2n) is 8.19. The Morgan fingerprint density at radius 2 is 1.97 bits per heavy atom. The molecule has 2 heterocycles. The molecule has 32 heavy (non-hydrogen) atoms. The number of thiophene rings is 1. The molecule has 4 aromatic rings. The highest BCUT2D eigenvalue weighted by Gasteiger charge is 2.20. The van der Waals surface area contributed by atoms with E-state index in [0.717, 1.165) is 16.3 Å². The smallest absolute Gasteiger partial charge is 0.266 e. The summed E-state index contributed by atoms with van der Waals surface area (Å²) in [5, 5.41) is 3.48. The Bertz CT molecular complexity index is 1500. The number of benzene rings is 2. The average Bonchev–Trinajstić information content (AvgIpc) is 3.22. The summed E-state index contributed by atoms with van der Waals surface area (Å²) >= 11 is 1.36. The second-order valence-corrected chi connectivity index (χ2v) is 11.4. The molecule has 0 amide bonds. The number of ether oxygens (including phenoxy) is 1. The lowest BCUT2D eigenvalue weighted by molar-refractivity contribution is 0.416. The van der Waals surface area contributed by atoms with E-state index < -0.39 is 15.7 Å². The number of sulfone groups is 1. The molecule has 2 aromatic carbocycles. The maximum atomic E-state index is 15.2. The summed E-state index contributed by atoms with van der Waals surface area (Å²) in [7, 11) is -1.55. The maximum absolute atomic E-state index is 15.2. The molecule has 0 unspecified atom stereocenters. The van der Waals surface area contributed by atoms with Gasteiger partial charge in [0.25, 0.3) is 5.56 Å². The predicted octanol–water partition coefficient (Wildman–Crippen LogP) is 5.40. The Morgan fingerprint density at radius 3 is 2.62 bits per heavy atom. The van der Waals surface area contributed by atoms with Crippen molar-refractivity contribution in [3.8, 4) is 16.9 Å². The van der Waals surface area contributed by atoms with Crippen molar-refractivity contribution in [3.63, 3.8) is 0 Å². The molecule has 1 atom stereocenters. The van der Waals surface area contributed by atoms with Crippen LogP contribution in [0.15, 0.2) is 40.5 Å². The van der Waals surface area contributed by atoms with Gasteiger partial charge in [-0.1, -0.05) is 19.1 Å². The number of hydrogen-bond donors (Lipinski definition) is 1. The minimum Gasteiger partial charge on any atom is -0.496 e. The van der Waals surface area contributed by atoms with Crippen LogP contribution < -0.4 is 10.3 Å². The Balaban J connectivity index is 1.92. The molecule has 8 heteroatoms. The van der Waals surface area contributed by atoms with Gasteiger partial charge in [-0.2, -0.15) is 0 Å². The Morgan fingerprint density at radius 1 is 1.22 bits per heavy atom. The molecule has 4 rings (SSSR count). The molecule has 0 spiro atoms. The normalized spacial score (nSPS) is 13.0. The molecule has 5 nitrogen and oxygen atoms in total. The van der Waals surface area contributed by atoms with Crippen molar-refractivity contribution in [1.29, 1.82) is 0 Å². The van der Waals surface area contributed by atoms with E-state index in [1.807, 2.05) is 37.4 Å². The first kappa shape index (κ1) is 22.5. The highest BCUT2D eigenvalue weighted by atomic mass is 32.2. The lowest BCUT2D eigenvalue weighted by Gasteiger charge is -2.17. The van der Waals surface area contributed by atoms with Crippen LogP contribution in [0.5, 0.6) is 5.75 Å². The molecule has 0 aliphatic heterocycles. The molecule has 0 bridgehead atoms. The third kappa shape index (κ3) is 4.04. The summed E-state index contributed by atoms with van der Waals surface area (Å²) in [5.74, 6) is -0.0394. The maximum Gasteiger partial charge on any atom is 0.266 e. The Labute approximate surface area is 189 Å². The topological polar surface area (TPSA) is 76.2 Å². The number of aryl methyl sites for hydroxylation is 1. The zero-order valence-electron chi connectivity index (χ0n) is 18.3. The van der Waals surface area contributed by atoms with Crippen LogP contribution in [0, 0.1) is 12.7 Å². The van der Waals surface area contributed by atoms with E-state index in [1.165, 1.54) is 23.7 Å². The number of rotatable bonds is 6. The van der Waals surface area contributed by atoms with Gasteiger partial charge in [-0.05, 0) is 59.5 Å². The van der Waals surface area contributed by atoms with E-state index in [9.17, 15) is 13.2 Å². The van der Waals surface area contributed by atoms with Crippen LogP contribution in [0.4, 0.5) is 4.39 Å². The lowest BCUT2D eigenvalue weighted by atomic mass is 9.91. The molecular weight excluding hydrogens is 449 g/mol. The minimum absolute atomic E-state index is 0.00921. The molecule has 0 saturated carbocycles. The minimum atomic E-state index is -3.11. The summed E-state index contributed by atoms with van der Waals surface area (Å²) < 4.78 is 44.4. The molecule has 0 saturated heterocycles. The number of hydrogen-bond acceptors (Lipinski definition) is 5. The van der Waals surface area contributed by atoms with E-state index in [1.54, 1.807) is 13.2 Å². The largest absolute Gasteiger partial charge is 0.496 e. The fourth-order valence-electron chi connectivity index (χ4n) is 4.15. The van der Waals surface area contributed by atoms with Crippen LogP contribution >= 0.6 is 11.3 Å². The summed E-state index contributed by atoms with van der Waals surface area (Å²) in [6.07, 6.45) is 1.53. The Hall–Kier alpha value is -2.71. The first-order chi connectivity index (χ1) is 15.1. The van der Waals surface area contributed by atoms with Gasteiger partial charge < -0.3 is 9.72 Å². The van der Waals surface area contributed by atoms with Gasteiger partial charge >= 0.3 is 0 Å². The number of nitrogens with one attached hydrogen (secondary N) is 1. The molecule has 1 N–H and O–H groups in total. The van der Waals surface area contributed by atoms with Gasteiger partial charge in [0.2, 0.25) is 0 Å². The highest BCUT2D eigenvalue weighted by Crippen LogP contribution is 2.42. The summed E-state index contributed by atoms with van der Waals surface area (Å²) in [6.45, 7) is 3.72. The van der Waals surface area contributed by atoms with E-state index >= 15 is 4.39 Å². The van der Waals surface area contributed by atoms with Crippen molar-refractivity contribution in [2.45, 2.75) is 26.2 Å². The van der Waals surface area contributed by atoms with Crippen LogP contribution in [0.1, 0.15) is 30.4 Å². The quantitative estimate of drug-likeness (QED) is 0.407. The van der Waals surface area contributed by atoms with Gasteiger partial charge in [0.15, 0.2) is 0 Å². The Kier molecular flexibility index (Phi) is 5.85. The van der Waals surface area contributed by atoms with E-state index in [4.69, 9.17) is 4.74 Å². The SMILES string of the molecule is COc1cc(C)c2[nH]c(=O)c3sccc3c2c1-c1ccc([C@@H](C)CCS(C)(=O)=O)c(F)c1. The van der Waals surface area contributed by atoms with Crippen molar-refractivity contribution < 1.29 is 17.5 Å². The van der Waals surface area contributed by atoms with Gasteiger partial charge in [-0.15, -0.1) is 11.3 Å². The zero-order chi connectivity index (χ0) is 23.2. The lowest BCUT2D eigenvalue weighted by Crippen LogP contribution is -2.08. The van der Waals surface area contributed by atoms with Crippen molar-refractivity contribution in [1.82, 2.24) is 4.98 Å². The van der Waals surface area contributed by atoms with Crippen LogP contribution in [-0.4, -0.2) is 32.5 Å². The van der Waals surface area contributed by atoms with E-state index in [2.05, 4.69) is 4.98 Å². The second kappa shape index (κ2) is 8.33. The predicted molar refractivity (Wildman–Crippen MR) is 129 cm³/mol. The van der Waals surface area contributed by atoms with Crippen LogP contribution in [0.25, 0.3) is 32.1 Å². The summed E-state index contributed by atoms with van der Waals surface area (Å²) in [5.41, 5.74) is 3.22. The highest BCUT2D eigenvalue weighted by molar-refractivity contribution is 7.90. The third-order valence-corrected chi connectivity index (χ3v) is 7.72. The number of methoxy groups -OCH3 is 1. The van der Waals surface area contributed by atoms with Crippen molar-refractivity contribution in [2.75, 3.05) is 19.1 Å². The number of halogens is 1. The average molecular weight is 474 g/mol. The molecule has 0 aliphatic carbocycles. The number of aromatic nitrogens is 1. The monoisotopic (exact) mass is 473 g/mol. The van der Waals surface area contributed by atoms with Crippen molar-refractivity contribution in [2.24, 2.45) is 0 Å². The standard InChI is InChI=1S/C24H24FNO4S2/c1-13(8-10-32(4,28)29)16-6-5-15(12-18(16)25)20-19(30-3)11-14(2)22-21(20)17-7-9-31-23(17)24(27)26-22/h5-7,9,11-13H,8,10H2,1-4H3,(H,26,27)/t13-/m0/s1. The first-order valence-corrected chi connectivity index (χ1v) is 13.1.